The van der Waals surface area contributed by atoms with E-state index in [2.05, 4.69) is 16.7 Å². The third kappa shape index (κ3) is 2.07. The molecule has 1 aliphatic rings. The van der Waals surface area contributed by atoms with Crippen LogP contribution in [0.3, 0.4) is 0 Å². The maximum Gasteiger partial charge on any atom is 0.399 e. The molecule has 0 saturated heterocycles. The maximum atomic E-state index is 7.61. The van der Waals surface area contributed by atoms with Crippen LogP contribution in [-0.2, 0) is 7.05 Å². The predicted octanol–water partition coefficient (Wildman–Crippen LogP) is 0.253. The summed E-state index contributed by atoms with van der Waals surface area (Å²) in [6, 6.07) is 7.51. The van der Waals surface area contributed by atoms with E-state index in [0.29, 0.717) is 11.3 Å². The quantitative estimate of drug-likeness (QED) is 0.477. The minimum Gasteiger partial charge on any atom is -0.436 e. The minimum absolute atomic E-state index is 0.0147. The third-order valence-corrected chi connectivity index (χ3v) is 4.48. The van der Waals surface area contributed by atoms with Crippen molar-refractivity contribution in [3.05, 3.63) is 52.9 Å². The smallest absolute Gasteiger partial charge is 0.399 e. The second-order valence-corrected chi connectivity index (χ2v) is 6.03. The fraction of sp³-hybridized carbons (Fsp3) is 0.222. The van der Waals surface area contributed by atoms with Gasteiger partial charge in [0.05, 0.1) is 0 Å². The standard InChI is InChI=1S/C18H19BN3O/c1-12-7-8-16(21(3)10-12)19-13(2)17-14-6-5-9-20-18(14)23-15(17)11-22(19)4/h5-11H,1-4H3/q+1/i1D3. The molecule has 0 amide bonds. The monoisotopic (exact) mass is 307 g/mol. The first-order chi connectivity index (χ1) is 12.3. The van der Waals surface area contributed by atoms with E-state index in [1.807, 2.05) is 43.1 Å². The molecular formula is C18H19BN3O+. The van der Waals surface area contributed by atoms with E-state index in [4.69, 9.17) is 8.53 Å². The molecule has 0 saturated carbocycles. The molecular weight excluding hydrogens is 285 g/mol. The highest BCUT2D eigenvalue weighted by atomic mass is 16.3. The van der Waals surface area contributed by atoms with E-state index >= 15 is 0 Å². The zero-order valence-electron chi connectivity index (χ0n) is 16.4. The Balaban J connectivity index is 1.94. The van der Waals surface area contributed by atoms with Gasteiger partial charge in [-0.3, -0.25) is 0 Å². The average Bonchev–Trinajstić information content (AvgIpc) is 2.93. The molecule has 114 valence electrons. The maximum absolute atomic E-state index is 7.61. The molecule has 5 heteroatoms. The van der Waals surface area contributed by atoms with Gasteiger partial charge in [-0.15, -0.1) is 0 Å². The normalized spacial score (nSPS) is 16.7. The Bertz CT molecular complexity index is 1140. The Morgan fingerprint density at radius 2 is 2.22 bits per heavy atom. The van der Waals surface area contributed by atoms with Gasteiger partial charge in [-0.25, -0.2) is 9.55 Å². The first-order valence-electron chi connectivity index (χ1n) is 9.05. The fourth-order valence-electron chi connectivity index (χ4n) is 3.48. The molecule has 4 rings (SSSR count). The molecule has 0 aliphatic carbocycles. The Morgan fingerprint density at radius 3 is 3.00 bits per heavy atom. The van der Waals surface area contributed by atoms with Gasteiger partial charge in [0.2, 0.25) is 5.71 Å². The molecule has 3 aromatic rings. The van der Waals surface area contributed by atoms with Gasteiger partial charge in [0.1, 0.15) is 7.05 Å². The lowest BCUT2D eigenvalue weighted by Gasteiger charge is -2.24. The zero-order chi connectivity index (χ0) is 18.6. The fourth-order valence-corrected chi connectivity index (χ4v) is 3.48. The second-order valence-electron chi connectivity index (χ2n) is 6.03. The summed E-state index contributed by atoms with van der Waals surface area (Å²) in [7, 11) is 3.88. The summed E-state index contributed by atoms with van der Waals surface area (Å²) in [5, 5.41) is 2.06. The number of pyridine rings is 2. The van der Waals surface area contributed by atoms with E-state index in [1.54, 1.807) is 18.5 Å². The summed E-state index contributed by atoms with van der Waals surface area (Å²) in [4.78, 5) is 6.40. The lowest BCUT2D eigenvalue weighted by atomic mass is 9.50. The third-order valence-electron chi connectivity index (χ3n) is 4.48. The Labute approximate surface area is 139 Å². The van der Waals surface area contributed by atoms with Crippen molar-refractivity contribution in [1.82, 2.24) is 9.79 Å². The number of rotatable bonds is 1. The molecule has 4 nitrogen and oxygen atoms in total. The molecule has 1 aliphatic heterocycles. The van der Waals surface area contributed by atoms with Gasteiger partial charge in [0, 0.05) is 32.7 Å². The number of aromatic nitrogens is 2. The van der Waals surface area contributed by atoms with Crippen molar-refractivity contribution in [2.24, 2.45) is 7.05 Å². The van der Waals surface area contributed by atoms with Gasteiger partial charge >= 0.3 is 6.85 Å². The predicted molar refractivity (Wildman–Crippen MR) is 92.3 cm³/mol. The summed E-state index contributed by atoms with van der Waals surface area (Å²) < 4.78 is 30.6. The van der Waals surface area contributed by atoms with Gasteiger partial charge in [-0.2, -0.15) is 0 Å². The average molecular weight is 307 g/mol. The number of furan rings is 1. The molecule has 0 unspecified atom stereocenters. The van der Waals surface area contributed by atoms with Gasteiger partial charge < -0.3 is 9.23 Å². The summed E-state index contributed by atoms with van der Waals surface area (Å²) in [6.07, 6.45) is 5.39. The molecule has 0 aromatic carbocycles. The molecule has 4 heterocycles. The van der Waals surface area contributed by atoms with E-state index in [1.165, 1.54) is 0 Å². The van der Waals surface area contributed by atoms with Crippen LogP contribution in [0.15, 0.2) is 41.1 Å². The van der Waals surface area contributed by atoms with Gasteiger partial charge in [0.15, 0.2) is 17.2 Å². The van der Waals surface area contributed by atoms with Gasteiger partial charge in [-0.05, 0) is 45.1 Å². The molecule has 0 spiro atoms. The first kappa shape index (κ1) is 11.1. The minimum atomic E-state index is -2.11. The second kappa shape index (κ2) is 4.98. The Morgan fingerprint density at radius 1 is 1.35 bits per heavy atom. The van der Waals surface area contributed by atoms with Crippen molar-refractivity contribution < 1.29 is 13.1 Å². The number of nitrogens with zero attached hydrogens (tertiary/aromatic N) is 3. The summed E-state index contributed by atoms with van der Waals surface area (Å²) in [5.41, 5.74) is 3.93. The first-order valence-corrected chi connectivity index (χ1v) is 7.55. The highest BCUT2D eigenvalue weighted by molar-refractivity contribution is 6.85. The van der Waals surface area contributed by atoms with Crippen molar-refractivity contribution in [2.75, 3.05) is 7.05 Å². The van der Waals surface area contributed by atoms with Gasteiger partial charge in [-0.1, -0.05) is 5.47 Å². The van der Waals surface area contributed by atoms with Crippen LogP contribution < -0.4 is 20.8 Å². The summed E-state index contributed by atoms with van der Waals surface area (Å²) >= 11 is 0. The largest absolute Gasteiger partial charge is 0.436 e. The highest BCUT2D eigenvalue weighted by Crippen LogP contribution is 2.12. The molecule has 0 atom stereocenters. The van der Waals surface area contributed by atoms with Crippen LogP contribution in [-0.4, -0.2) is 23.7 Å². The highest BCUT2D eigenvalue weighted by Gasteiger charge is 2.35. The van der Waals surface area contributed by atoms with E-state index in [9.17, 15) is 0 Å². The van der Waals surface area contributed by atoms with E-state index in [0.717, 1.165) is 27.1 Å². The van der Waals surface area contributed by atoms with Crippen LogP contribution in [0.25, 0.3) is 22.8 Å². The molecule has 3 aromatic heterocycles. The SMILES string of the molecule is [2H]C([2H])([2H])c1ccc(B2C(C)=c3c(oc4ncccc34)=CN2C)[n+](C)c1. The summed E-state index contributed by atoms with van der Waals surface area (Å²) in [6.45, 7) is -0.0366. The van der Waals surface area contributed by atoms with E-state index in [-0.39, 0.29) is 6.85 Å². The summed E-state index contributed by atoms with van der Waals surface area (Å²) in [5.74, 6) is 0. The zero-order valence-corrected chi connectivity index (χ0v) is 13.4. The number of fused-ring (bicyclic) bond motifs is 3. The van der Waals surface area contributed by atoms with Crippen LogP contribution in [0.2, 0.25) is 0 Å². The van der Waals surface area contributed by atoms with Crippen LogP contribution >= 0.6 is 0 Å². The van der Waals surface area contributed by atoms with Crippen molar-refractivity contribution in [1.29, 1.82) is 0 Å². The molecule has 23 heavy (non-hydrogen) atoms. The Hall–Kier alpha value is -2.56. The number of hydrogen-bond donors (Lipinski definition) is 0. The van der Waals surface area contributed by atoms with Crippen molar-refractivity contribution >= 4 is 35.2 Å². The lowest BCUT2D eigenvalue weighted by Crippen LogP contribution is -2.62. The van der Waals surface area contributed by atoms with Crippen LogP contribution in [0, 0.1) is 6.85 Å². The topological polar surface area (TPSA) is 33.2 Å². The lowest BCUT2D eigenvalue weighted by molar-refractivity contribution is -0.654. The number of hydrogen-bond acceptors (Lipinski definition) is 3. The van der Waals surface area contributed by atoms with E-state index < -0.39 is 6.85 Å². The van der Waals surface area contributed by atoms with Crippen molar-refractivity contribution in [2.45, 2.75) is 13.8 Å². The van der Waals surface area contributed by atoms with Crippen LogP contribution in [0.5, 0.6) is 0 Å². The van der Waals surface area contributed by atoms with Crippen molar-refractivity contribution in [3.8, 4) is 0 Å². The molecule has 0 fully saturated rings. The molecule has 0 N–H and O–H groups in total. The number of aryl methyl sites for hydroxylation is 2. The van der Waals surface area contributed by atoms with Crippen LogP contribution in [0.4, 0.5) is 0 Å². The Kier molecular flexibility index (Phi) is 2.39. The van der Waals surface area contributed by atoms with Gasteiger partial charge in [0.25, 0.3) is 0 Å². The molecule has 0 radical (unpaired) electrons. The van der Waals surface area contributed by atoms with Crippen molar-refractivity contribution in [3.63, 3.8) is 0 Å². The van der Waals surface area contributed by atoms with Crippen LogP contribution in [0.1, 0.15) is 16.6 Å². The molecule has 0 bridgehead atoms.